The molecule has 2 bridgehead atoms. The number of carbonyl (C=O) groups is 1. The van der Waals surface area contributed by atoms with E-state index in [-0.39, 0.29) is 0 Å². The molecule has 1 heterocycles. The van der Waals surface area contributed by atoms with E-state index in [0.29, 0.717) is 23.8 Å². The molecule has 1 aliphatic heterocycles. The maximum Gasteiger partial charge on any atom is 0.223 e. The minimum absolute atomic E-state index is 0.321. The van der Waals surface area contributed by atoms with Crippen LogP contribution >= 0.6 is 0 Å². The van der Waals surface area contributed by atoms with Gasteiger partial charge in [-0.15, -0.1) is 0 Å². The molecule has 1 N–H and O–H groups in total. The lowest BCUT2D eigenvalue weighted by Gasteiger charge is -2.23. The molecular weight excluding hydrogens is 272 g/mol. The van der Waals surface area contributed by atoms with Crippen molar-refractivity contribution in [2.45, 2.75) is 44.7 Å². The summed E-state index contributed by atoms with van der Waals surface area (Å²) in [4.78, 5) is 15.0. The fourth-order valence-corrected chi connectivity index (χ4v) is 4.81. The lowest BCUT2D eigenvalue weighted by molar-refractivity contribution is -0.127. The number of nitrogens with zero attached hydrogens (tertiary/aromatic N) is 1. The zero-order valence-electron chi connectivity index (χ0n) is 13.2. The van der Waals surface area contributed by atoms with Crippen LogP contribution in [-0.2, 0) is 11.3 Å². The molecule has 3 nitrogen and oxygen atoms in total. The van der Waals surface area contributed by atoms with Crippen molar-refractivity contribution in [3.63, 3.8) is 0 Å². The Balaban J connectivity index is 1.27. The summed E-state index contributed by atoms with van der Waals surface area (Å²) in [7, 11) is 0. The predicted molar refractivity (Wildman–Crippen MR) is 87.2 cm³/mol. The summed E-state index contributed by atoms with van der Waals surface area (Å²) in [6, 6.07) is 11.0. The van der Waals surface area contributed by atoms with Crippen molar-refractivity contribution in [3.05, 3.63) is 35.9 Å². The summed E-state index contributed by atoms with van der Waals surface area (Å²) in [6.45, 7) is 3.10. The molecule has 0 radical (unpaired) electrons. The number of amides is 1. The van der Waals surface area contributed by atoms with Crippen molar-refractivity contribution in [2.75, 3.05) is 13.1 Å². The van der Waals surface area contributed by atoms with Gasteiger partial charge in [0.2, 0.25) is 5.91 Å². The van der Waals surface area contributed by atoms with Crippen molar-refractivity contribution >= 4 is 5.91 Å². The smallest absolute Gasteiger partial charge is 0.223 e. The first kappa shape index (κ1) is 14.3. The number of hydrogen-bond acceptors (Lipinski definition) is 2. The van der Waals surface area contributed by atoms with Crippen molar-refractivity contribution in [3.8, 4) is 0 Å². The topological polar surface area (TPSA) is 32.3 Å². The molecule has 3 aliphatic rings. The van der Waals surface area contributed by atoms with Gasteiger partial charge >= 0.3 is 0 Å². The van der Waals surface area contributed by atoms with Gasteiger partial charge in [0.25, 0.3) is 0 Å². The third kappa shape index (κ3) is 2.91. The van der Waals surface area contributed by atoms with E-state index in [9.17, 15) is 4.79 Å². The summed E-state index contributed by atoms with van der Waals surface area (Å²) in [5, 5.41) is 3.34. The van der Waals surface area contributed by atoms with E-state index in [2.05, 4.69) is 40.5 Å². The number of carbonyl (C=O) groups excluding carboxylic acids is 1. The Morgan fingerprint density at radius 3 is 2.73 bits per heavy atom. The van der Waals surface area contributed by atoms with E-state index in [4.69, 9.17) is 0 Å². The highest BCUT2D eigenvalue weighted by Gasteiger charge is 2.43. The first-order chi connectivity index (χ1) is 10.8. The summed E-state index contributed by atoms with van der Waals surface area (Å²) in [5.41, 5.74) is 1.36. The zero-order chi connectivity index (χ0) is 14.9. The molecular formula is C19H26N2O. The van der Waals surface area contributed by atoms with Crippen molar-refractivity contribution < 1.29 is 4.79 Å². The van der Waals surface area contributed by atoms with E-state index in [1.54, 1.807) is 0 Å². The molecule has 1 amide bonds. The molecule has 2 aliphatic carbocycles. The third-order valence-corrected chi connectivity index (χ3v) is 5.94. The Morgan fingerprint density at radius 2 is 2.00 bits per heavy atom. The molecule has 1 aromatic carbocycles. The van der Waals surface area contributed by atoms with Gasteiger partial charge in [-0.05, 0) is 43.1 Å². The van der Waals surface area contributed by atoms with Crippen LogP contribution in [0.1, 0.15) is 37.7 Å². The second-order valence-electron chi connectivity index (χ2n) is 7.50. The summed E-state index contributed by atoms with van der Waals surface area (Å²) in [5.74, 6) is 2.20. The predicted octanol–water partition coefficient (Wildman–Crippen LogP) is 2.81. The second-order valence-corrected chi connectivity index (χ2v) is 7.50. The maximum atomic E-state index is 12.5. The van der Waals surface area contributed by atoms with Crippen LogP contribution in [0.25, 0.3) is 0 Å². The van der Waals surface area contributed by atoms with Gasteiger partial charge in [-0.1, -0.05) is 36.8 Å². The highest BCUT2D eigenvalue weighted by atomic mass is 16.2. The first-order valence-electron chi connectivity index (χ1n) is 8.84. The average molecular weight is 298 g/mol. The van der Waals surface area contributed by atoms with Gasteiger partial charge in [0, 0.05) is 31.6 Å². The number of benzene rings is 1. The largest absolute Gasteiger partial charge is 0.352 e. The van der Waals surface area contributed by atoms with Crippen LogP contribution in [0.3, 0.4) is 0 Å². The minimum atomic E-state index is 0.321. The van der Waals surface area contributed by atoms with Gasteiger partial charge in [0.15, 0.2) is 0 Å². The second kappa shape index (κ2) is 6.04. The summed E-state index contributed by atoms with van der Waals surface area (Å²) >= 11 is 0. The molecule has 4 rings (SSSR count). The van der Waals surface area contributed by atoms with Crippen LogP contribution in [0.5, 0.6) is 0 Å². The minimum Gasteiger partial charge on any atom is -0.352 e. The SMILES string of the molecule is O=C(NC1CCN(Cc2ccccc2)C1)C1CC2CCC1C2. The Hall–Kier alpha value is -1.35. The lowest BCUT2D eigenvalue weighted by Crippen LogP contribution is -2.41. The Kier molecular flexibility index (Phi) is 3.91. The maximum absolute atomic E-state index is 12.5. The summed E-state index contributed by atoms with van der Waals surface area (Å²) < 4.78 is 0. The highest BCUT2D eigenvalue weighted by Crippen LogP contribution is 2.48. The Morgan fingerprint density at radius 1 is 1.14 bits per heavy atom. The number of likely N-dealkylation sites (tertiary alicyclic amines) is 1. The number of fused-ring (bicyclic) bond motifs is 2. The normalized spacial score (nSPS) is 34.2. The van der Waals surface area contributed by atoms with E-state index >= 15 is 0 Å². The average Bonchev–Trinajstić information content (AvgIpc) is 3.25. The quantitative estimate of drug-likeness (QED) is 0.927. The van der Waals surface area contributed by atoms with Gasteiger partial charge in [0.1, 0.15) is 0 Å². The van der Waals surface area contributed by atoms with Crippen molar-refractivity contribution in [2.24, 2.45) is 17.8 Å². The van der Waals surface area contributed by atoms with Crippen LogP contribution < -0.4 is 5.32 Å². The fraction of sp³-hybridized carbons (Fsp3) is 0.632. The number of nitrogens with one attached hydrogen (secondary N) is 1. The van der Waals surface area contributed by atoms with Gasteiger partial charge < -0.3 is 5.32 Å². The highest BCUT2D eigenvalue weighted by molar-refractivity contribution is 5.79. The number of rotatable bonds is 4. The molecule has 1 saturated heterocycles. The van der Waals surface area contributed by atoms with Gasteiger partial charge in [-0.2, -0.15) is 0 Å². The monoisotopic (exact) mass is 298 g/mol. The van der Waals surface area contributed by atoms with Gasteiger partial charge in [-0.3, -0.25) is 9.69 Å². The van der Waals surface area contributed by atoms with Gasteiger partial charge in [0.05, 0.1) is 0 Å². The van der Waals surface area contributed by atoms with Crippen LogP contribution in [0, 0.1) is 17.8 Å². The van der Waals surface area contributed by atoms with Crippen LogP contribution in [0.2, 0.25) is 0 Å². The van der Waals surface area contributed by atoms with Crippen LogP contribution in [0.4, 0.5) is 0 Å². The molecule has 0 spiro atoms. The van der Waals surface area contributed by atoms with Crippen molar-refractivity contribution in [1.29, 1.82) is 0 Å². The molecule has 0 aromatic heterocycles. The zero-order valence-corrected chi connectivity index (χ0v) is 13.2. The van der Waals surface area contributed by atoms with E-state index in [1.807, 2.05) is 0 Å². The van der Waals surface area contributed by atoms with E-state index < -0.39 is 0 Å². The molecule has 4 unspecified atom stereocenters. The fourth-order valence-electron chi connectivity index (χ4n) is 4.81. The van der Waals surface area contributed by atoms with Crippen LogP contribution in [0.15, 0.2) is 30.3 Å². The van der Waals surface area contributed by atoms with Gasteiger partial charge in [-0.25, -0.2) is 0 Å². The summed E-state index contributed by atoms with van der Waals surface area (Å²) in [6.07, 6.45) is 6.20. The third-order valence-electron chi connectivity index (χ3n) is 5.94. The molecule has 1 aromatic rings. The first-order valence-corrected chi connectivity index (χ1v) is 8.84. The standard InChI is InChI=1S/C19H26N2O/c22-19(18-11-15-6-7-16(18)10-15)20-17-8-9-21(13-17)12-14-4-2-1-3-5-14/h1-5,15-18H,6-13H2,(H,20,22). The molecule has 22 heavy (non-hydrogen) atoms. The molecule has 3 heteroatoms. The Labute approximate surface area is 133 Å². The Bertz CT molecular complexity index is 529. The molecule has 2 saturated carbocycles. The van der Waals surface area contributed by atoms with Crippen LogP contribution in [-0.4, -0.2) is 29.9 Å². The molecule has 3 fully saturated rings. The van der Waals surface area contributed by atoms with E-state index in [1.165, 1.54) is 24.8 Å². The lowest BCUT2D eigenvalue weighted by atomic mass is 9.88. The molecule has 118 valence electrons. The number of hydrogen-bond donors (Lipinski definition) is 1. The van der Waals surface area contributed by atoms with E-state index in [0.717, 1.165) is 38.4 Å². The van der Waals surface area contributed by atoms with Crippen molar-refractivity contribution in [1.82, 2.24) is 10.2 Å². The molecule has 4 atom stereocenters.